The van der Waals surface area contributed by atoms with Crippen LogP contribution < -0.4 is 0 Å². The molecule has 0 aliphatic rings. The van der Waals surface area contributed by atoms with Gasteiger partial charge in [-0.25, -0.2) is 4.79 Å². The Morgan fingerprint density at radius 3 is 2.15 bits per heavy atom. The molecule has 1 atom stereocenters. The minimum atomic E-state index is -0.336. The molecule has 0 bridgehead atoms. The monoisotopic (exact) mass is 302 g/mol. The summed E-state index contributed by atoms with van der Waals surface area (Å²) in [6.45, 7) is 7.98. The third kappa shape index (κ3) is 12.1. The van der Waals surface area contributed by atoms with Crippen LogP contribution in [-0.4, -0.2) is 30.4 Å². The van der Waals surface area contributed by atoms with Gasteiger partial charge in [0.15, 0.2) is 0 Å². The molecule has 0 saturated carbocycles. The second kappa shape index (κ2) is 11.8. The van der Waals surface area contributed by atoms with Crippen LogP contribution in [0.2, 0.25) is 0 Å². The fourth-order valence-corrected chi connectivity index (χ4v) is 1.56. The first-order valence-corrected chi connectivity index (χ1v) is 7.61. The topological polar surface area (TPSA) is 52.6 Å². The van der Waals surface area contributed by atoms with E-state index in [4.69, 9.17) is 9.47 Å². The summed E-state index contributed by atoms with van der Waals surface area (Å²) in [4.78, 5) is 22.4. The highest BCUT2D eigenvalue weighted by atomic mass is 32.1. The van der Waals surface area contributed by atoms with E-state index in [1.54, 1.807) is 6.92 Å². The third-order valence-corrected chi connectivity index (χ3v) is 2.91. The van der Waals surface area contributed by atoms with Crippen molar-refractivity contribution in [3.63, 3.8) is 0 Å². The molecular weight excluding hydrogens is 276 g/mol. The predicted octanol–water partition coefficient (Wildman–Crippen LogP) is 3.31. The molecule has 1 unspecified atom stereocenters. The molecule has 0 aromatic carbocycles. The Kier molecular flexibility index (Phi) is 11.3. The average molecular weight is 302 g/mol. The summed E-state index contributed by atoms with van der Waals surface area (Å²) in [7, 11) is 0. The van der Waals surface area contributed by atoms with Crippen molar-refractivity contribution in [2.24, 2.45) is 0 Å². The van der Waals surface area contributed by atoms with Gasteiger partial charge in [-0.15, -0.1) is 0 Å². The Bertz CT molecular complexity index is 313. The largest absolute Gasteiger partial charge is 0.466 e. The lowest BCUT2D eigenvalue weighted by Crippen LogP contribution is -2.08. The minimum Gasteiger partial charge on any atom is -0.466 e. The number of ether oxygens (including phenoxy) is 2. The zero-order chi connectivity index (χ0) is 15.4. The Hall–Kier alpha value is -0.970. The van der Waals surface area contributed by atoms with Crippen molar-refractivity contribution < 1.29 is 19.1 Å². The van der Waals surface area contributed by atoms with Crippen molar-refractivity contribution in [3.05, 3.63) is 12.2 Å². The molecule has 4 nitrogen and oxygen atoms in total. The van der Waals surface area contributed by atoms with E-state index in [9.17, 15) is 9.59 Å². The van der Waals surface area contributed by atoms with Crippen molar-refractivity contribution in [3.8, 4) is 0 Å². The fourth-order valence-electron chi connectivity index (χ4n) is 1.43. The van der Waals surface area contributed by atoms with Gasteiger partial charge in [-0.3, -0.25) is 4.79 Å². The van der Waals surface area contributed by atoms with Gasteiger partial charge in [-0.05, 0) is 44.3 Å². The Labute approximate surface area is 127 Å². The first-order valence-electron chi connectivity index (χ1n) is 7.09. The second-order valence-electron chi connectivity index (χ2n) is 4.94. The molecular formula is C15H26O4S. The van der Waals surface area contributed by atoms with Gasteiger partial charge in [0.2, 0.25) is 0 Å². The summed E-state index contributed by atoms with van der Waals surface area (Å²) in [5, 5.41) is 0.226. The molecule has 0 spiro atoms. The van der Waals surface area contributed by atoms with Gasteiger partial charge >= 0.3 is 11.9 Å². The van der Waals surface area contributed by atoms with E-state index >= 15 is 0 Å². The summed E-state index contributed by atoms with van der Waals surface area (Å²) in [6, 6.07) is 0. The Morgan fingerprint density at radius 1 is 1.10 bits per heavy atom. The van der Waals surface area contributed by atoms with Crippen LogP contribution >= 0.6 is 12.6 Å². The number of carbonyl (C=O) groups is 2. The maximum Gasteiger partial charge on any atom is 0.333 e. The number of rotatable bonds is 11. The number of esters is 2. The molecule has 0 aromatic heterocycles. The predicted molar refractivity (Wildman–Crippen MR) is 82.9 cm³/mol. The molecule has 0 amide bonds. The van der Waals surface area contributed by atoms with E-state index in [0.717, 1.165) is 32.1 Å². The highest BCUT2D eigenvalue weighted by molar-refractivity contribution is 7.80. The number of hydrogen-bond acceptors (Lipinski definition) is 5. The van der Waals surface area contributed by atoms with Gasteiger partial charge in [0.05, 0.1) is 13.2 Å². The van der Waals surface area contributed by atoms with Gasteiger partial charge < -0.3 is 9.47 Å². The molecule has 0 aliphatic carbocycles. The Balaban J connectivity index is 3.30. The number of thiol groups is 1. The van der Waals surface area contributed by atoms with Crippen molar-refractivity contribution in [2.75, 3.05) is 13.2 Å². The highest BCUT2D eigenvalue weighted by Crippen LogP contribution is 2.06. The van der Waals surface area contributed by atoms with Crippen molar-refractivity contribution in [2.45, 2.75) is 57.6 Å². The number of carbonyl (C=O) groups excluding carboxylic acids is 2. The zero-order valence-electron chi connectivity index (χ0n) is 12.5. The van der Waals surface area contributed by atoms with Crippen molar-refractivity contribution in [1.29, 1.82) is 0 Å². The third-order valence-electron chi connectivity index (χ3n) is 2.65. The van der Waals surface area contributed by atoms with Crippen LogP contribution in [0, 0.1) is 0 Å². The van der Waals surface area contributed by atoms with Crippen molar-refractivity contribution in [1.82, 2.24) is 0 Å². The lowest BCUT2D eigenvalue weighted by Gasteiger charge is -2.06. The number of hydrogen-bond donors (Lipinski definition) is 1. The van der Waals surface area contributed by atoms with Crippen LogP contribution in [0.25, 0.3) is 0 Å². The van der Waals surface area contributed by atoms with E-state index in [1.807, 2.05) is 6.92 Å². The zero-order valence-corrected chi connectivity index (χ0v) is 13.4. The summed E-state index contributed by atoms with van der Waals surface area (Å²) < 4.78 is 10.1. The SMILES string of the molecule is C=C(C)C(=O)OCCCCCCOC(=O)CCC(C)S. The van der Waals surface area contributed by atoms with Gasteiger partial charge in [-0.2, -0.15) is 12.6 Å². The maximum atomic E-state index is 11.3. The summed E-state index contributed by atoms with van der Waals surface area (Å²) in [6.07, 6.45) is 4.76. The van der Waals surface area contributed by atoms with E-state index < -0.39 is 0 Å². The molecule has 0 aromatic rings. The molecule has 20 heavy (non-hydrogen) atoms. The smallest absolute Gasteiger partial charge is 0.333 e. The summed E-state index contributed by atoms with van der Waals surface area (Å²) in [5.41, 5.74) is 0.424. The normalized spacial score (nSPS) is 11.8. The highest BCUT2D eigenvalue weighted by Gasteiger charge is 2.05. The van der Waals surface area contributed by atoms with Gasteiger partial charge in [0.25, 0.3) is 0 Å². The first-order chi connectivity index (χ1) is 9.43. The van der Waals surface area contributed by atoms with E-state index in [1.165, 1.54) is 0 Å². The molecule has 0 rings (SSSR count). The lowest BCUT2D eigenvalue weighted by atomic mass is 10.2. The van der Waals surface area contributed by atoms with Gasteiger partial charge in [0, 0.05) is 12.0 Å². The molecule has 0 aliphatic heterocycles. The quantitative estimate of drug-likeness (QED) is 0.275. The molecule has 116 valence electrons. The molecule has 0 radical (unpaired) electrons. The molecule has 0 heterocycles. The fraction of sp³-hybridized carbons (Fsp3) is 0.733. The van der Waals surface area contributed by atoms with E-state index in [-0.39, 0.29) is 17.2 Å². The molecule has 0 fully saturated rings. The van der Waals surface area contributed by atoms with E-state index in [2.05, 4.69) is 19.2 Å². The minimum absolute atomic E-state index is 0.152. The van der Waals surface area contributed by atoms with Gasteiger partial charge in [0.1, 0.15) is 0 Å². The van der Waals surface area contributed by atoms with Crippen molar-refractivity contribution >= 4 is 24.6 Å². The molecule has 0 saturated heterocycles. The standard InChI is InChI=1S/C15H26O4S/c1-12(2)15(17)19-11-7-5-4-6-10-18-14(16)9-8-13(3)20/h13,20H,1,4-11H2,2-3H3. The average Bonchev–Trinajstić information content (AvgIpc) is 2.38. The lowest BCUT2D eigenvalue weighted by molar-refractivity contribution is -0.144. The maximum absolute atomic E-state index is 11.3. The molecule has 0 N–H and O–H groups in total. The van der Waals surface area contributed by atoms with Gasteiger partial charge in [-0.1, -0.05) is 13.5 Å². The van der Waals surface area contributed by atoms with Crippen LogP contribution in [0.1, 0.15) is 52.4 Å². The van der Waals surface area contributed by atoms with Crippen LogP contribution in [0.5, 0.6) is 0 Å². The second-order valence-corrected chi connectivity index (χ2v) is 5.82. The van der Waals surface area contributed by atoms with Crippen LogP contribution in [-0.2, 0) is 19.1 Å². The van der Waals surface area contributed by atoms with Crippen LogP contribution in [0.3, 0.4) is 0 Å². The Morgan fingerprint density at radius 2 is 1.65 bits per heavy atom. The first kappa shape index (κ1) is 19.0. The summed E-state index contributed by atoms with van der Waals surface area (Å²) in [5.74, 6) is -0.487. The van der Waals surface area contributed by atoms with Crippen LogP contribution in [0.4, 0.5) is 0 Å². The van der Waals surface area contributed by atoms with E-state index in [0.29, 0.717) is 25.2 Å². The summed E-state index contributed by atoms with van der Waals surface area (Å²) >= 11 is 4.21. The number of unbranched alkanes of at least 4 members (excludes halogenated alkanes) is 3. The molecule has 5 heteroatoms. The van der Waals surface area contributed by atoms with Crippen LogP contribution in [0.15, 0.2) is 12.2 Å².